The van der Waals surface area contributed by atoms with Crippen molar-refractivity contribution in [3.63, 3.8) is 0 Å². The first-order valence-electron chi connectivity index (χ1n) is 9.63. The second kappa shape index (κ2) is 10.6. The number of carbonyl (C=O) groups excluding carboxylic acids is 1. The molecule has 1 aromatic heterocycles. The van der Waals surface area contributed by atoms with Crippen LogP contribution < -0.4 is 15.4 Å². The minimum atomic E-state index is -0.169. The van der Waals surface area contributed by atoms with Gasteiger partial charge in [0.05, 0.1) is 26.4 Å². The Morgan fingerprint density at radius 2 is 2.04 bits per heavy atom. The third-order valence-electron chi connectivity index (χ3n) is 4.88. The Labute approximate surface area is 166 Å². The topological polar surface area (TPSA) is 75.7 Å². The van der Waals surface area contributed by atoms with Crippen LogP contribution in [0.15, 0.2) is 48.8 Å². The van der Waals surface area contributed by atoms with Gasteiger partial charge in [0.1, 0.15) is 5.75 Å². The van der Waals surface area contributed by atoms with Gasteiger partial charge in [-0.1, -0.05) is 24.3 Å². The fourth-order valence-electron chi connectivity index (χ4n) is 3.39. The number of nitrogens with zero attached hydrogens (tertiary/aromatic N) is 2. The highest BCUT2D eigenvalue weighted by molar-refractivity contribution is 5.73. The largest absolute Gasteiger partial charge is 0.496 e. The van der Waals surface area contributed by atoms with Crippen LogP contribution in [0.4, 0.5) is 4.79 Å². The number of methoxy groups -OCH3 is 1. The first-order valence-corrected chi connectivity index (χ1v) is 9.63. The van der Waals surface area contributed by atoms with Crippen molar-refractivity contribution in [1.29, 1.82) is 0 Å². The highest BCUT2D eigenvalue weighted by atomic mass is 16.5. The number of amides is 2. The number of hydrogen-bond acceptors (Lipinski definition) is 5. The van der Waals surface area contributed by atoms with Crippen LogP contribution in [0.3, 0.4) is 0 Å². The van der Waals surface area contributed by atoms with Crippen LogP contribution in [0.5, 0.6) is 5.75 Å². The van der Waals surface area contributed by atoms with E-state index in [1.54, 1.807) is 13.3 Å². The Bertz CT molecular complexity index is 735. The van der Waals surface area contributed by atoms with Crippen LogP contribution in [0.1, 0.15) is 17.2 Å². The summed E-state index contributed by atoms with van der Waals surface area (Å²) >= 11 is 0. The van der Waals surface area contributed by atoms with E-state index < -0.39 is 0 Å². The number of nitrogens with one attached hydrogen (secondary N) is 2. The van der Waals surface area contributed by atoms with Crippen LogP contribution in [-0.4, -0.2) is 62.4 Å². The summed E-state index contributed by atoms with van der Waals surface area (Å²) < 4.78 is 10.8. The van der Waals surface area contributed by atoms with Crippen molar-refractivity contribution in [1.82, 2.24) is 20.5 Å². The predicted molar refractivity (Wildman–Crippen MR) is 107 cm³/mol. The molecule has 0 saturated carbocycles. The number of para-hydroxylation sites is 1. The molecule has 1 unspecified atom stereocenters. The number of carbonyl (C=O) groups is 1. The van der Waals surface area contributed by atoms with Crippen molar-refractivity contribution >= 4 is 6.03 Å². The van der Waals surface area contributed by atoms with Gasteiger partial charge < -0.3 is 20.1 Å². The molecule has 1 aliphatic rings. The van der Waals surface area contributed by atoms with Crippen LogP contribution in [0.25, 0.3) is 0 Å². The van der Waals surface area contributed by atoms with Crippen molar-refractivity contribution in [3.05, 3.63) is 59.9 Å². The number of ether oxygens (including phenoxy) is 2. The fraction of sp³-hybridized carbons (Fsp3) is 0.429. The lowest BCUT2D eigenvalue weighted by Crippen LogP contribution is -2.46. The smallest absolute Gasteiger partial charge is 0.314 e. The average Bonchev–Trinajstić information content (AvgIpc) is 2.76. The molecule has 0 spiro atoms. The fourth-order valence-corrected chi connectivity index (χ4v) is 3.39. The molecule has 7 nitrogen and oxygen atoms in total. The van der Waals surface area contributed by atoms with Gasteiger partial charge in [0.15, 0.2) is 0 Å². The van der Waals surface area contributed by atoms with E-state index in [9.17, 15) is 4.79 Å². The number of rotatable bonds is 8. The molecule has 2 amide bonds. The molecule has 28 heavy (non-hydrogen) atoms. The molecule has 1 fully saturated rings. The van der Waals surface area contributed by atoms with Gasteiger partial charge in [-0.25, -0.2) is 4.79 Å². The molecule has 2 aromatic rings. The molecule has 2 N–H and O–H groups in total. The number of urea groups is 1. The highest BCUT2D eigenvalue weighted by Crippen LogP contribution is 2.20. The normalized spacial score (nSPS) is 15.6. The summed E-state index contributed by atoms with van der Waals surface area (Å²) in [5, 5.41) is 5.93. The molecule has 0 aliphatic carbocycles. The van der Waals surface area contributed by atoms with Crippen LogP contribution in [0, 0.1) is 0 Å². The maximum Gasteiger partial charge on any atom is 0.314 e. The molecule has 1 saturated heterocycles. The predicted octanol–water partition coefficient (Wildman–Crippen LogP) is 2.01. The van der Waals surface area contributed by atoms with E-state index in [2.05, 4.69) is 20.5 Å². The van der Waals surface area contributed by atoms with Crippen LogP contribution in [-0.2, 0) is 11.2 Å². The molecule has 0 radical (unpaired) electrons. The van der Waals surface area contributed by atoms with E-state index in [1.165, 1.54) is 0 Å². The van der Waals surface area contributed by atoms with E-state index in [0.717, 1.165) is 30.0 Å². The zero-order valence-electron chi connectivity index (χ0n) is 16.3. The van der Waals surface area contributed by atoms with E-state index in [-0.39, 0.29) is 12.1 Å². The van der Waals surface area contributed by atoms with Gasteiger partial charge >= 0.3 is 6.03 Å². The van der Waals surface area contributed by atoms with E-state index >= 15 is 0 Å². The first-order chi connectivity index (χ1) is 13.8. The second-order valence-electron chi connectivity index (χ2n) is 6.65. The van der Waals surface area contributed by atoms with Crippen molar-refractivity contribution in [3.8, 4) is 5.75 Å². The minimum Gasteiger partial charge on any atom is -0.496 e. The van der Waals surface area contributed by atoms with Gasteiger partial charge in [-0.15, -0.1) is 0 Å². The quantitative estimate of drug-likeness (QED) is 0.728. The zero-order valence-corrected chi connectivity index (χ0v) is 16.3. The summed E-state index contributed by atoms with van der Waals surface area (Å²) in [5.41, 5.74) is 2.17. The van der Waals surface area contributed by atoms with Gasteiger partial charge in [0.2, 0.25) is 0 Å². The van der Waals surface area contributed by atoms with Gasteiger partial charge in [0, 0.05) is 38.6 Å². The van der Waals surface area contributed by atoms with E-state index in [1.807, 2.05) is 42.6 Å². The maximum atomic E-state index is 12.3. The van der Waals surface area contributed by atoms with Crippen molar-refractivity contribution in [2.45, 2.75) is 12.5 Å². The number of benzene rings is 1. The average molecular weight is 384 g/mol. The number of hydrogen-bond donors (Lipinski definition) is 2. The molecular weight excluding hydrogens is 356 g/mol. The molecular formula is C21H28N4O3. The van der Waals surface area contributed by atoms with E-state index in [4.69, 9.17) is 9.47 Å². The second-order valence-corrected chi connectivity index (χ2v) is 6.65. The van der Waals surface area contributed by atoms with Gasteiger partial charge in [-0.3, -0.25) is 9.88 Å². The van der Waals surface area contributed by atoms with Crippen LogP contribution in [0.2, 0.25) is 0 Å². The Kier molecular flexibility index (Phi) is 7.63. The summed E-state index contributed by atoms with van der Waals surface area (Å²) in [5.74, 6) is 0.841. The lowest BCUT2D eigenvalue weighted by atomic mass is 10.1. The number of pyridine rings is 1. The molecule has 150 valence electrons. The third-order valence-corrected chi connectivity index (χ3v) is 4.88. The monoisotopic (exact) mass is 384 g/mol. The standard InChI is InChI=1S/C21H28N4O3/c1-27-20-7-3-2-5-17(20)8-10-23-21(26)24-16-19(18-6-4-9-22-15-18)25-11-13-28-14-12-25/h2-7,9,15,19H,8,10-14,16H2,1H3,(H2,23,24,26). The molecule has 7 heteroatoms. The summed E-state index contributed by atoms with van der Waals surface area (Å²) in [6.45, 7) is 4.17. The minimum absolute atomic E-state index is 0.0811. The molecule has 1 atom stereocenters. The molecule has 2 heterocycles. The third kappa shape index (κ3) is 5.68. The van der Waals surface area contributed by atoms with Gasteiger partial charge in [-0.2, -0.15) is 0 Å². The Morgan fingerprint density at radius 1 is 1.21 bits per heavy atom. The Balaban J connectivity index is 1.50. The lowest BCUT2D eigenvalue weighted by molar-refractivity contribution is 0.0166. The number of morpholine rings is 1. The lowest BCUT2D eigenvalue weighted by Gasteiger charge is -2.34. The molecule has 0 bridgehead atoms. The molecule has 1 aliphatic heterocycles. The summed E-state index contributed by atoms with van der Waals surface area (Å²) in [6.07, 6.45) is 4.34. The Morgan fingerprint density at radius 3 is 2.79 bits per heavy atom. The summed E-state index contributed by atoms with van der Waals surface area (Å²) in [7, 11) is 1.66. The first kappa shape index (κ1) is 20.1. The Hall–Kier alpha value is -2.64. The summed E-state index contributed by atoms with van der Waals surface area (Å²) in [6, 6.07) is 11.7. The zero-order chi connectivity index (χ0) is 19.6. The summed E-state index contributed by atoms with van der Waals surface area (Å²) in [4.78, 5) is 18.9. The van der Waals surface area contributed by atoms with E-state index in [0.29, 0.717) is 32.7 Å². The molecule has 3 rings (SSSR count). The number of aromatic nitrogens is 1. The van der Waals surface area contributed by atoms with Crippen molar-refractivity contribution < 1.29 is 14.3 Å². The van der Waals surface area contributed by atoms with Gasteiger partial charge in [0.25, 0.3) is 0 Å². The van der Waals surface area contributed by atoms with Gasteiger partial charge in [-0.05, 0) is 29.7 Å². The maximum absolute atomic E-state index is 12.3. The molecule has 1 aromatic carbocycles. The highest BCUT2D eigenvalue weighted by Gasteiger charge is 2.23. The van der Waals surface area contributed by atoms with Crippen LogP contribution >= 0.6 is 0 Å². The SMILES string of the molecule is COc1ccccc1CCNC(=O)NCC(c1cccnc1)N1CCOCC1. The van der Waals surface area contributed by atoms with Crippen molar-refractivity contribution in [2.24, 2.45) is 0 Å². The van der Waals surface area contributed by atoms with Crippen molar-refractivity contribution in [2.75, 3.05) is 46.5 Å².